The minimum Gasteiger partial charge on any atom is -0.132 e. The lowest BCUT2D eigenvalue weighted by Gasteiger charge is -2.05. The second-order valence-electron chi connectivity index (χ2n) is 1.64. The van der Waals surface area contributed by atoms with Gasteiger partial charge in [-0.05, 0) is 18.8 Å². The summed E-state index contributed by atoms with van der Waals surface area (Å²) in [6.07, 6.45) is 1.21. The molecule has 0 nitrogen and oxygen atoms in total. The average Bonchev–Trinajstić information content (AvgIpc) is 1.59. The Balaban J connectivity index is 3.26. The zero-order valence-electron chi connectivity index (χ0n) is 5.13. The summed E-state index contributed by atoms with van der Waals surface area (Å²) in [6, 6.07) is 0. The first-order chi connectivity index (χ1) is 3.56. The van der Waals surface area contributed by atoms with Crippen LogP contribution in [0, 0.1) is 0 Å². The lowest BCUT2D eigenvalue weighted by Crippen LogP contribution is -1.68. The molecule has 0 aromatic rings. The number of rotatable bonds is 3. The Hall–Kier alpha value is 1.35. The van der Waals surface area contributed by atoms with Crippen molar-refractivity contribution in [2.75, 3.05) is 12.4 Å². The van der Waals surface area contributed by atoms with E-state index in [1.807, 2.05) is 18.0 Å². The maximum absolute atomic E-state index is 5.09. The van der Waals surface area contributed by atoms with Crippen LogP contribution in [0.5, 0.6) is 0 Å². The zero-order chi connectivity index (χ0) is 6.62. The van der Waals surface area contributed by atoms with Gasteiger partial charge in [-0.3, -0.25) is 0 Å². The van der Waals surface area contributed by atoms with Crippen LogP contribution >= 0.6 is 28.1 Å². The summed E-state index contributed by atoms with van der Waals surface area (Å²) in [5.74, 6) is 1.16. The summed E-state index contributed by atoms with van der Waals surface area (Å²) in [5.41, 5.74) is 0. The van der Waals surface area contributed by atoms with E-state index < -0.39 is 4.44 Å². The van der Waals surface area contributed by atoms with Crippen molar-refractivity contribution in [2.45, 2.75) is 13.3 Å². The molecule has 0 aliphatic heterocycles. The molecule has 0 aliphatic rings. The summed E-state index contributed by atoms with van der Waals surface area (Å²) in [7, 11) is 0. The van der Waals surface area contributed by atoms with Crippen LogP contribution in [0.15, 0.2) is 0 Å². The Morgan fingerprint density at radius 2 is 2.25 bits per heavy atom. The Kier molecular flexibility index (Phi) is 4.92. The van der Waals surface area contributed by atoms with E-state index in [0.717, 1.165) is 5.75 Å². The summed E-state index contributed by atoms with van der Waals surface area (Å²) >= 11 is 11.2. The van der Waals surface area contributed by atoms with Crippen molar-refractivity contribution in [2.24, 2.45) is 0 Å². The molecular formula is C4H11PS3. The molecular weight excluding hydrogens is 175 g/mol. The molecule has 0 bridgehead atoms. The van der Waals surface area contributed by atoms with E-state index in [2.05, 4.69) is 19.2 Å². The van der Waals surface area contributed by atoms with Gasteiger partial charge in [0.2, 0.25) is 0 Å². The third-order valence-electron chi connectivity index (χ3n) is 0.535. The van der Waals surface area contributed by atoms with Crippen molar-refractivity contribution >= 4 is 39.9 Å². The zero-order valence-corrected chi connectivity index (χ0v) is 8.55. The maximum Gasteiger partial charge on any atom is 0.0513 e. The number of hydrogen-bond donors (Lipinski definition) is 1. The topological polar surface area (TPSA) is 0 Å². The number of thiol groups is 1. The van der Waals surface area contributed by atoms with Gasteiger partial charge in [0.05, 0.1) is 4.44 Å². The Bertz CT molecular complexity index is 95.5. The molecule has 1 unspecified atom stereocenters. The molecule has 0 rings (SSSR count). The van der Waals surface area contributed by atoms with Crippen molar-refractivity contribution in [3.8, 4) is 0 Å². The van der Waals surface area contributed by atoms with Gasteiger partial charge in [0.15, 0.2) is 0 Å². The molecule has 0 N–H and O–H groups in total. The highest BCUT2D eigenvalue weighted by Crippen LogP contribution is 2.59. The summed E-state index contributed by atoms with van der Waals surface area (Å²) in [5, 5.41) is 0. The number of hydrogen-bond acceptors (Lipinski definition) is 2. The van der Waals surface area contributed by atoms with Crippen LogP contribution in [0.1, 0.15) is 13.3 Å². The predicted octanol–water partition coefficient (Wildman–Crippen LogP) is 3.00. The standard InChI is InChI=1S/C4H11PS3/c1-3-4-8-5(2,6)7/h3-4H2,1-2H3,(H,6,7). The van der Waals surface area contributed by atoms with Gasteiger partial charge in [0, 0.05) is 0 Å². The van der Waals surface area contributed by atoms with Gasteiger partial charge in [-0.2, -0.15) is 0 Å². The predicted molar refractivity (Wildman–Crippen MR) is 51.9 cm³/mol. The van der Waals surface area contributed by atoms with E-state index in [9.17, 15) is 0 Å². The normalized spacial score (nSPS) is 17.9. The van der Waals surface area contributed by atoms with Crippen molar-refractivity contribution in [1.29, 1.82) is 0 Å². The minimum atomic E-state index is -1.24. The van der Waals surface area contributed by atoms with E-state index in [1.54, 1.807) is 0 Å². The maximum atomic E-state index is 5.09. The van der Waals surface area contributed by atoms with E-state index in [1.165, 1.54) is 6.42 Å². The molecule has 0 radical (unpaired) electrons. The fraction of sp³-hybridized carbons (Fsp3) is 1.00. The van der Waals surface area contributed by atoms with Gasteiger partial charge in [0.25, 0.3) is 0 Å². The molecule has 4 heteroatoms. The van der Waals surface area contributed by atoms with Crippen LogP contribution < -0.4 is 0 Å². The minimum absolute atomic E-state index is 1.16. The molecule has 0 aromatic carbocycles. The van der Waals surface area contributed by atoms with Crippen LogP contribution in [0.3, 0.4) is 0 Å². The van der Waals surface area contributed by atoms with Gasteiger partial charge in [-0.15, -0.1) is 23.6 Å². The summed E-state index contributed by atoms with van der Waals surface area (Å²) in [6.45, 7) is 4.21. The van der Waals surface area contributed by atoms with E-state index in [4.69, 9.17) is 11.8 Å². The van der Waals surface area contributed by atoms with Gasteiger partial charge in [-0.1, -0.05) is 18.7 Å². The molecule has 0 saturated carbocycles. The molecule has 0 aromatic heterocycles. The van der Waals surface area contributed by atoms with Gasteiger partial charge in [-0.25, -0.2) is 0 Å². The smallest absolute Gasteiger partial charge is 0.0513 e. The summed E-state index contributed by atoms with van der Waals surface area (Å²) < 4.78 is -1.24. The van der Waals surface area contributed by atoms with Crippen LogP contribution in [0.25, 0.3) is 0 Å². The third-order valence-corrected chi connectivity index (χ3v) is 5.58. The molecule has 8 heavy (non-hydrogen) atoms. The fourth-order valence-corrected chi connectivity index (χ4v) is 3.75. The van der Waals surface area contributed by atoms with Gasteiger partial charge in [0.1, 0.15) is 0 Å². The van der Waals surface area contributed by atoms with Crippen LogP contribution in [0.2, 0.25) is 0 Å². The van der Waals surface area contributed by atoms with Crippen LogP contribution in [-0.2, 0) is 11.8 Å². The molecule has 50 valence electrons. The van der Waals surface area contributed by atoms with Crippen LogP contribution in [-0.4, -0.2) is 12.4 Å². The Morgan fingerprint density at radius 3 is 2.38 bits per heavy atom. The first-order valence-corrected chi connectivity index (χ1v) is 8.50. The molecule has 0 aliphatic carbocycles. The molecule has 0 amide bonds. The lowest BCUT2D eigenvalue weighted by atomic mass is 10.6. The molecule has 1 atom stereocenters. The van der Waals surface area contributed by atoms with Crippen molar-refractivity contribution in [3.05, 3.63) is 0 Å². The molecule has 0 spiro atoms. The Labute approximate surface area is 65.7 Å². The van der Waals surface area contributed by atoms with Gasteiger partial charge >= 0.3 is 0 Å². The van der Waals surface area contributed by atoms with Crippen LogP contribution in [0.4, 0.5) is 0 Å². The first kappa shape index (κ1) is 9.35. The van der Waals surface area contributed by atoms with Crippen molar-refractivity contribution in [1.82, 2.24) is 0 Å². The van der Waals surface area contributed by atoms with Gasteiger partial charge < -0.3 is 0 Å². The molecule has 0 fully saturated rings. The molecule has 0 heterocycles. The molecule has 0 saturated heterocycles. The lowest BCUT2D eigenvalue weighted by molar-refractivity contribution is 1.11. The van der Waals surface area contributed by atoms with E-state index in [0.29, 0.717) is 0 Å². The highest BCUT2D eigenvalue weighted by molar-refractivity contribution is 8.96. The van der Waals surface area contributed by atoms with Crippen molar-refractivity contribution < 1.29 is 0 Å². The fourth-order valence-electron chi connectivity index (χ4n) is 0.261. The second-order valence-corrected chi connectivity index (χ2v) is 13.8. The van der Waals surface area contributed by atoms with E-state index in [-0.39, 0.29) is 0 Å². The largest absolute Gasteiger partial charge is 0.132 e. The van der Waals surface area contributed by atoms with Crippen molar-refractivity contribution in [3.63, 3.8) is 0 Å². The highest BCUT2D eigenvalue weighted by Gasteiger charge is 2.00. The first-order valence-electron chi connectivity index (χ1n) is 2.51. The Morgan fingerprint density at radius 1 is 1.75 bits per heavy atom. The van der Waals surface area contributed by atoms with E-state index >= 15 is 0 Å². The second kappa shape index (κ2) is 4.21. The quantitative estimate of drug-likeness (QED) is 0.531. The SMILES string of the molecule is CCCSP(C)(=S)S. The summed E-state index contributed by atoms with van der Waals surface area (Å²) in [4.78, 5) is 0. The monoisotopic (exact) mass is 186 g/mol. The third kappa shape index (κ3) is 7.35. The highest BCUT2D eigenvalue weighted by atomic mass is 33.2. The average molecular weight is 186 g/mol.